The first-order chi connectivity index (χ1) is 18.5. The summed E-state index contributed by atoms with van der Waals surface area (Å²) in [6, 6.07) is 30.4. The number of aryl methyl sites for hydroxylation is 1. The molecule has 4 aromatic rings. The molecule has 0 radical (unpaired) electrons. The molecule has 1 aliphatic heterocycles. The number of hydrogen-bond donors (Lipinski definition) is 1. The summed E-state index contributed by atoms with van der Waals surface area (Å²) in [7, 11) is 0. The van der Waals surface area contributed by atoms with Crippen LogP contribution in [0, 0.1) is 5.41 Å². The number of nitrogens with zero attached hydrogens (tertiary/aromatic N) is 4. The van der Waals surface area contributed by atoms with Gasteiger partial charge in [0.05, 0.1) is 6.10 Å². The molecule has 6 nitrogen and oxygen atoms in total. The van der Waals surface area contributed by atoms with Crippen molar-refractivity contribution in [3.63, 3.8) is 0 Å². The van der Waals surface area contributed by atoms with Crippen molar-refractivity contribution < 1.29 is 4.74 Å². The topological polar surface area (TPSA) is 66.9 Å². The highest BCUT2D eigenvalue weighted by molar-refractivity contribution is 5.54. The molecule has 0 saturated carbocycles. The van der Waals surface area contributed by atoms with Crippen LogP contribution in [-0.4, -0.2) is 45.2 Å². The van der Waals surface area contributed by atoms with Crippen molar-refractivity contribution in [1.82, 2.24) is 25.5 Å². The zero-order chi connectivity index (χ0) is 26.4. The highest BCUT2D eigenvalue weighted by atomic mass is 16.5. The summed E-state index contributed by atoms with van der Waals surface area (Å²) in [5.41, 5.74) is 4.97. The number of hydrogen-bond acceptors (Lipinski definition) is 5. The van der Waals surface area contributed by atoms with Crippen molar-refractivity contribution in [3.8, 4) is 11.4 Å². The van der Waals surface area contributed by atoms with Crippen LogP contribution in [0.15, 0.2) is 84.9 Å². The van der Waals surface area contributed by atoms with Crippen molar-refractivity contribution >= 4 is 0 Å². The van der Waals surface area contributed by atoms with E-state index in [1.807, 2.05) is 0 Å². The number of H-pyrrole nitrogens is 1. The average molecular weight is 510 g/mol. The minimum Gasteiger partial charge on any atom is -0.373 e. The summed E-state index contributed by atoms with van der Waals surface area (Å²) in [6.45, 7) is 9.58. The maximum Gasteiger partial charge on any atom is 0.204 e. The van der Waals surface area contributed by atoms with Crippen LogP contribution in [0.2, 0.25) is 0 Å². The van der Waals surface area contributed by atoms with Crippen LogP contribution in [0.3, 0.4) is 0 Å². The van der Waals surface area contributed by atoms with E-state index < -0.39 is 0 Å². The van der Waals surface area contributed by atoms with Gasteiger partial charge < -0.3 is 4.74 Å². The number of nitrogens with one attached hydrogen (secondary N) is 1. The molecule has 0 spiro atoms. The molecule has 1 unspecified atom stereocenters. The van der Waals surface area contributed by atoms with E-state index in [0.717, 1.165) is 44.3 Å². The Labute approximate surface area is 226 Å². The minimum absolute atomic E-state index is 0.0856. The normalized spacial score (nSPS) is 16.8. The summed E-state index contributed by atoms with van der Waals surface area (Å²) in [5, 5.41) is 14.4. The second kappa shape index (κ2) is 11.6. The van der Waals surface area contributed by atoms with Gasteiger partial charge in [-0.05, 0) is 81.4 Å². The molecular weight excluding hydrogens is 470 g/mol. The van der Waals surface area contributed by atoms with E-state index >= 15 is 0 Å². The van der Waals surface area contributed by atoms with E-state index in [1.54, 1.807) is 0 Å². The van der Waals surface area contributed by atoms with Gasteiger partial charge in [0.1, 0.15) is 0 Å². The average Bonchev–Trinajstić information content (AvgIpc) is 3.51. The predicted molar refractivity (Wildman–Crippen MR) is 151 cm³/mol. The Balaban J connectivity index is 1.37. The van der Waals surface area contributed by atoms with E-state index in [-0.39, 0.29) is 17.1 Å². The van der Waals surface area contributed by atoms with Crippen LogP contribution >= 0.6 is 0 Å². The third-order valence-corrected chi connectivity index (χ3v) is 8.49. The molecule has 0 bridgehead atoms. The Hall–Kier alpha value is -3.35. The molecule has 1 N–H and O–H groups in total. The lowest BCUT2D eigenvalue weighted by Gasteiger charge is -2.51. The van der Waals surface area contributed by atoms with Crippen molar-refractivity contribution in [3.05, 3.63) is 102 Å². The van der Waals surface area contributed by atoms with Gasteiger partial charge in [0.25, 0.3) is 0 Å². The molecule has 1 aromatic heterocycles. The Morgan fingerprint density at radius 2 is 1.58 bits per heavy atom. The molecular formula is C32H39N5O. The van der Waals surface area contributed by atoms with Crippen molar-refractivity contribution in [2.75, 3.05) is 19.7 Å². The van der Waals surface area contributed by atoms with Gasteiger partial charge >= 0.3 is 0 Å². The van der Waals surface area contributed by atoms with Crippen LogP contribution in [0.5, 0.6) is 0 Å². The number of likely N-dealkylation sites (tertiary alicyclic amines) is 1. The molecule has 1 atom stereocenters. The van der Waals surface area contributed by atoms with E-state index in [1.165, 1.54) is 16.7 Å². The molecule has 38 heavy (non-hydrogen) atoms. The maximum absolute atomic E-state index is 6.58. The smallest absolute Gasteiger partial charge is 0.204 e. The second-order valence-electron chi connectivity index (χ2n) is 11.0. The summed E-state index contributed by atoms with van der Waals surface area (Å²) < 4.78 is 6.58. The monoisotopic (exact) mass is 509 g/mol. The molecule has 3 aromatic carbocycles. The van der Waals surface area contributed by atoms with Gasteiger partial charge in [-0.2, -0.15) is 5.21 Å². The number of benzene rings is 3. The van der Waals surface area contributed by atoms with E-state index in [4.69, 9.17) is 4.74 Å². The maximum atomic E-state index is 6.58. The fraction of sp³-hybridized carbons (Fsp3) is 0.406. The number of aromatic nitrogens is 4. The molecule has 0 amide bonds. The Morgan fingerprint density at radius 3 is 2.18 bits per heavy atom. The quantitative estimate of drug-likeness (QED) is 0.261. The summed E-state index contributed by atoms with van der Waals surface area (Å²) in [4.78, 5) is 2.64. The van der Waals surface area contributed by atoms with Crippen LogP contribution in [0.25, 0.3) is 11.4 Å². The van der Waals surface area contributed by atoms with E-state index in [0.29, 0.717) is 12.4 Å². The van der Waals surface area contributed by atoms with Crippen LogP contribution in [0.4, 0.5) is 0 Å². The Kier molecular flexibility index (Phi) is 8.01. The molecule has 2 heterocycles. The lowest BCUT2D eigenvalue weighted by molar-refractivity contribution is -0.0862. The molecule has 1 fully saturated rings. The molecule has 0 aliphatic carbocycles. The first-order valence-electron chi connectivity index (χ1n) is 13.8. The Bertz CT molecular complexity index is 1250. The zero-order valence-electron chi connectivity index (χ0n) is 22.8. The van der Waals surface area contributed by atoms with Gasteiger partial charge in [-0.1, -0.05) is 84.9 Å². The van der Waals surface area contributed by atoms with Gasteiger partial charge in [-0.15, -0.1) is 10.2 Å². The molecule has 1 saturated heterocycles. The number of piperidine rings is 1. The third kappa shape index (κ3) is 5.57. The minimum atomic E-state index is -0.0881. The fourth-order valence-electron chi connectivity index (χ4n) is 6.11. The molecule has 6 heteroatoms. The standard InChI is InChI=1S/C32H39N5O/c1-4-38-29(26-13-9-6-10-14-26)32(20-19-25-11-7-5-8-12-25)21-23-37(24-22-32)31(2,3)28-17-15-27(16-18-28)30-33-35-36-34-30/h5-18,29H,4,19-24H2,1-3H3,(H,33,34,35,36). The van der Waals surface area contributed by atoms with Crippen molar-refractivity contribution in [2.45, 2.75) is 58.1 Å². The third-order valence-electron chi connectivity index (χ3n) is 8.49. The van der Waals surface area contributed by atoms with Gasteiger partial charge in [0.2, 0.25) is 5.82 Å². The predicted octanol–water partition coefficient (Wildman–Crippen LogP) is 6.59. The number of tetrazole rings is 1. The highest BCUT2D eigenvalue weighted by Gasteiger charge is 2.45. The first kappa shape index (κ1) is 26.3. The van der Waals surface area contributed by atoms with Gasteiger partial charge in [-0.25, -0.2) is 0 Å². The Morgan fingerprint density at radius 1 is 0.921 bits per heavy atom. The lowest BCUT2D eigenvalue weighted by atomic mass is 9.67. The molecule has 1 aliphatic rings. The SMILES string of the molecule is CCOC(c1ccccc1)C1(CCc2ccccc2)CCN(C(C)(C)c2ccc(-c3nn[nH]n3)cc2)CC1. The largest absolute Gasteiger partial charge is 0.373 e. The van der Waals surface area contributed by atoms with Gasteiger partial charge in [0.15, 0.2) is 0 Å². The van der Waals surface area contributed by atoms with Gasteiger partial charge in [-0.3, -0.25) is 4.90 Å². The number of ether oxygens (including phenoxy) is 1. The number of rotatable bonds is 10. The van der Waals surface area contributed by atoms with Crippen LogP contribution in [0.1, 0.15) is 62.8 Å². The van der Waals surface area contributed by atoms with Crippen molar-refractivity contribution in [2.24, 2.45) is 5.41 Å². The molecule has 5 rings (SSSR count). The molecule has 198 valence electrons. The summed E-state index contributed by atoms with van der Waals surface area (Å²) >= 11 is 0. The van der Waals surface area contributed by atoms with E-state index in [9.17, 15) is 0 Å². The lowest BCUT2D eigenvalue weighted by Crippen LogP contribution is -2.50. The van der Waals surface area contributed by atoms with Crippen LogP contribution < -0.4 is 0 Å². The van der Waals surface area contributed by atoms with Crippen molar-refractivity contribution in [1.29, 1.82) is 0 Å². The fourth-order valence-corrected chi connectivity index (χ4v) is 6.11. The van der Waals surface area contributed by atoms with E-state index in [2.05, 4.69) is 131 Å². The number of aromatic amines is 1. The first-order valence-corrected chi connectivity index (χ1v) is 13.8. The summed E-state index contributed by atoms with van der Waals surface area (Å²) in [5.74, 6) is 0.624. The zero-order valence-corrected chi connectivity index (χ0v) is 22.8. The summed E-state index contributed by atoms with van der Waals surface area (Å²) in [6.07, 6.45) is 4.48. The van der Waals surface area contributed by atoms with Gasteiger partial charge in [0, 0.05) is 23.1 Å². The van der Waals surface area contributed by atoms with Crippen LogP contribution in [-0.2, 0) is 16.7 Å². The highest BCUT2D eigenvalue weighted by Crippen LogP contribution is 2.50. The second-order valence-corrected chi connectivity index (χ2v) is 11.0.